The Morgan fingerprint density at radius 1 is 0.343 bits per heavy atom. The minimum absolute atomic E-state index is 0.00366. The van der Waals surface area contributed by atoms with Crippen LogP contribution in [0, 0.1) is 6.57 Å². The van der Waals surface area contributed by atoms with Gasteiger partial charge in [0.05, 0.1) is 56.5 Å². The van der Waals surface area contributed by atoms with E-state index in [9.17, 15) is 19.2 Å². The molecule has 0 saturated carbocycles. The summed E-state index contributed by atoms with van der Waals surface area (Å²) in [5.41, 5.74) is 7.55. The van der Waals surface area contributed by atoms with Crippen LogP contribution in [0.1, 0.15) is 69.2 Å². The molecule has 15 rings (SSSR count). The van der Waals surface area contributed by atoms with Gasteiger partial charge < -0.3 is 28.1 Å². The van der Waals surface area contributed by atoms with Crippen molar-refractivity contribution in [3.8, 4) is 56.7 Å². The summed E-state index contributed by atoms with van der Waals surface area (Å²) in [4.78, 5) is 73.8. The Bertz CT molecular complexity index is 5580. The van der Waals surface area contributed by atoms with E-state index < -0.39 is 35.6 Å². The van der Waals surface area contributed by atoms with Gasteiger partial charge in [-0.2, -0.15) is 13.2 Å². The number of rotatable bonds is 18. The van der Waals surface area contributed by atoms with Gasteiger partial charge in [-0.25, -0.2) is 39.0 Å². The molecule has 0 spiro atoms. The Morgan fingerprint density at radius 2 is 0.686 bits per heavy atom. The largest absolute Gasteiger partial charge is 0.457 e. The molecule has 15 aromatic rings. The van der Waals surface area contributed by atoms with Crippen LogP contribution in [0.5, 0.6) is 0 Å². The fraction of sp³-hybridized carbons (Fsp3) is 0.0588. The van der Waals surface area contributed by atoms with Gasteiger partial charge in [-0.05, 0) is 149 Å². The molecule has 0 fully saturated rings. The molecule has 0 bridgehead atoms. The first kappa shape index (κ1) is 64.4. The zero-order valence-electron chi connectivity index (χ0n) is 54.0. The van der Waals surface area contributed by atoms with E-state index in [0.29, 0.717) is 77.2 Å². The van der Waals surface area contributed by atoms with Crippen LogP contribution >= 0.6 is 0 Å². The van der Waals surface area contributed by atoms with Crippen LogP contribution in [-0.2, 0) is 51.6 Å². The summed E-state index contributed by atoms with van der Waals surface area (Å²) < 4.78 is 75.6. The molecule has 102 heavy (non-hydrogen) atoms. The summed E-state index contributed by atoms with van der Waals surface area (Å²) in [6, 6.07) is 82.0. The van der Waals surface area contributed by atoms with Crippen molar-refractivity contribution in [2.45, 2.75) is 32.6 Å². The van der Waals surface area contributed by atoms with Crippen molar-refractivity contribution >= 4 is 73.2 Å². The number of esters is 4. The van der Waals surface area contributed by atoms with Gasteiger partial charge in [-0.1, -0.05) is 170 Å². The lowest BCUT2D eigenvalue weighted by molar-refractivity contribution is -0.137. The van der Waals surface area contributed by atoms with E-state index >= 15 is 13.2 Å². The van der Waals surface area contributed by atoms with Crippen molar-refractivity contribution < 1.29 is 51.3 Å². The quantitative estimate of drug-likeness (QED) is 0.0457. The zero-order chi connectivity index (χ0) is 69.8. The predicted molar refractivity (Wildman–Crippen MR) is 384 cm³/mol. The number of aromatic nitrogens is 5. The molecular weight excluding hydrogens is 1290 g/mol. The maximum Gasteiger partial charge on any atom is 0.417 e. The van der Waals surface area contributed by atoms with E-state index in [1.165, 1.54) is 12.1 Å². The summed E-state index contributed by atoms with van der Waals surface area (Å²) in [5.74, 6) is -2.64. The Morgan fingerprint density at radius 3 is 1.07 bits per heavy atom. The fourth-order valence-electron chi connectivity index (χ4n) is 12.6. The van der Waals surface area contributed by atoms with Gasteiger partial charge in [0.1, 0.15) is 26.4 Å². The molecule has 0 radical (unpaired) electrons. The lowest BCUT2D eigenvalue weighted by atomic mass is 9.97. The van der Waals surface area contributed by atoms with E-state index in [4.69, 9.17) is 40.5 Å². The average Bonchev–Trinajstić information content (AvgIpc) is 1.54. The highest BCUT2D eigenvalue weighted by Crippen LogP contribution is 2.43. The number of halogens is 3. The summed E-state index contributed by atoms with van der Waals surface area (Å²) in [5, 5.41) is 2.10. The SMILES string of the molecule is [C-]#[N+]c1cccc(-c2cc(-n3c4ccc(C(=O)OCc5ccccc5)cc4c4cc(C(=O)OCc5ccccc5)ccc43)ccc2-c2nc(-c3ccccc3)nc(-c3ccc(-n4c5ccc(C(=O)OCc6ccccc6)cc5c5cc(C(=O)OCc6ccccc6)ccc54)cc3C(F)(F)F)n2)c1. The number of fused-ring (bicyclic) bond motifs is 6. The summed E-state index contributed by atoms with van der Waals surface area (Å²) >= 11 is 0. The minimum atomic E-state index is -5.02. The first-order valence-corrected chi connectivity index (χ1v) is 32.5. The second kappa shape index (κ2) is 27.7. The van der Waals surface area contributed by atoms with Gasteiger partial charge in [0.2, 0.25) is 0 Å². The molecule has 3 aromatic heterocycles. The van der Waals surface area contributed by atoms with E-state index in [1.54, 1.807) is 132 Å². The molecule has 0 aliphatic heterocycles. The Balaban J connectivity index is 0.862. The van der Waals surface area contributed by atoms with Gasteiger partial charge in [-0.15, -0.1) is 0 Å². The van der Waals surface area contributed by atoms with Gasteiger partial charge >= 0.3 is 30.1 Å². The van der Waals surface area contributed by atoms with Gasteiger partial charge in [0, 0.05) is 49.6 Å². The number of nitrogens with zero attached hydrogens (tertiary/aromatic N) is 6. The van der Waals surface area contributed by atoms with Gasteiger partial charge in [-0.3, -0.25) is 0 Å². The standard InChI is InChI=1S/C85H55F3N6O8/c1-89-63-29-17-28-58(42-63)68-47-64(93-74-38-30-59(81(95)99-49-53-18-7-2-8-19-53)43-69(74)70-44-60(31-39-75(70)93)82(96)100-50-54-20-9-3-10-21-54)34-36-66(68)79-90-78(57-26-15-6-16-27-57)91-80(92-79)67-37-35-65(48-73(67)85(86,87)88)94-76-40-32-61(83(97)101-51-55-22-11-4-12-23-55)45-71(76)72-46-62(33-41-77(72)94)84(98)102-52-56-24-13-5-14-25-56/h2-48H,49-52H2. The third-order valence-corrected chi connectivity index (χ3v) is 17.6. The summed E-state index contributed by atoms with van der Waals surface area (Å²) in [6.07, 6.45) is -5.02. The topological polar surface area (TPSA) is 158 Å². The van der Waals surface area contributed by atoms with Crippen molar-refractivity contribution in [3.63, 3.8) is 0 Å². The van der Waals surface area contributed by atoms with Crippen LogP contribution in [0.4, 0.5) is 18.9 Å². The van der Waals surface area contributed by atoms with Crippen LogP contribution in [0.15, 0.2) is 285 Å². The molecule has 0 unspecified atom stereocenters. The van der Waals surface area contributed by atoms with Gasteiger partial charge in [0.25, 0.3) is 0 Å². The molecule has 494 valence electrons. The lowest BCUT2D eigenvalue weighted by Gasteiger charge is -2.18. The van der Waals surface area contributed by atoms with Crippen molar-refractivity contribution in [1.29, 1.82) is 0 Å². The highest BCUT2D eigenvalue weighted by Gasteiger charge is 2.36. The normalized spacial score (nSPS) is 11.4. The molecule has 0 aliphatic carbocycles. The van der Waals surface area contributed by atoms with E-state index in [0.717, 1.165) is 28.3 Å². The molecule has 14 nitrogen and oxygen atoms in total. The number of hydrogen-bond acceptors (Lipinski definition) is 11. The third-order valence-electron chi connectivity index (χ3n) is 17.6. The predicted octanol–water partition coefficient (Wildman–Crippen LogP) is 19.7. The molecule has 0 N–H and O–H groups in total. The van der Waals surface area contributed by atoms with Crippen LogP contribution in [0.2, 0.25) is 0 Å². The van der Waals surface area contributed by atoms with Gasteiger partial charge in [0.15, 0.2) is 23.2 Å². The van der Waals surface area contributed by atoms with Crippen molar-refractivity contribution in [3.05, 3.63) is 347 Å². The lowest BCUT2D eigenvalue weighted by Crippen LogP contribution is -2.11. The number of benzene rings is 12. The summed E-state index contributed by atoms with van der Waals surface area (Å²) in [6.45, 7) is 8.13. The van der Waals surface area contributed by atoms with Crippen LogP contribution < -0.4 is 0 Å². The zero-order valence-corrected chi connectivity index (χ0v) is 54.0. The number of carbonyl (C=O) groups is 4. The highest BCUT2D eigenvalue weighted by atomic mass is 19.4. The van der Waals surface area contributed by atoms with Crippen molar-refractivity contribution in [1.82, 2.24) is 24.1 Å². The average molecular weight is 1350 g/mol. The first-order valence-electron chi connectivity index (χ1n) is 32.5. The Labute approximate surface area is 581 Å². The number of ether oxygens (including phenoxy) is 4. The Kier molecular flexibility index (Phi) is 17.5. The number of hydrogen-bond donors (Lipinski definition) is 0. The molecule has 0 aliphatic rings. The van der Waals surface area contributed by atoms with E-state index in [-0.39, 0.29) is 77.4 Å². The minimum Gasteiger partial charge on any atom is -0.457 e. The number of alkyl halides is 3. The van der Waals surface area contributed by atoms with Crippen LogP contribution in [0.3, 0.4) is 0 Å². The van der Waals surface area contributed by atoms with Crippen molar-refractivity contribution in [2.75, 3.05) is 0 Å². The molecule has 17 heteroatoms. The monoisotopic (exact) mass is 1340 g/mol. The maximum atomic E-state index is 16.3. The van der Waals surface area contributed by atoms with E-state index in [1.807, 2.05) is 144 Å². The first-order chi connectivity index (χ1) is 49.8. The second-order valence-electron chi connectivity index (χ2n) is 24.1. The molecule has 3 heterocycles. The van der Waals surface area contributed by atoms with Crippen LogP contribution in [-0.4, -0.2) is 48.0 Å². The smallest absolute Gasteiger partial charge is 0.417 e. The van der Waals surface area contributed by atoms with E-state index in [2.05, 4.69) is 4.85 Å². The molecule has 0 saturated heterocycles. The summed E-state index contributed by atoms with van der Waals surface area (Å²) in [7, 11) is 0. The third kappa shape index (κ3) is 13.2. The second-order valence-corrected chi connectivity index (χ2v) is 24.1. The number of carbonyl (C=O) groups excluding carboxylic acids is 4. The molecule has 0 atom stereocenters. The fourth-order valence-corrected chi connectivity index (χ4v) is 12.6. The van der Waals surface area contributed by atoms with Crippen molar-refractivity contribution in [2.24, 2.45) is 0 Å². The Hall–Kier alpha value is -13.6. The molecule has 0 amide bonds. The highest BCUT2D eigenvalue weighted by molar-refractivity contribution is 6.14. The molecule has 12 aromatic carbocycles. The molecular formula is C85H55F3N6O8. The van der Waals surface area contributed by atoms with Crippen LogP contribution in [0.25, 0.3) is 105 Å². The maximum absolute atomic E-state index is 16.3.